The molecule has 0 saturated carbocycles. The Morgan fingerprint density at radius 3 is 2.84 bits per heavy atom. The molecule has 1 aromatic heterocycles. The van der Waals surface area contributed by atoms with Crippen LogP contribution in [0, 0.1) is 5.82 Å². The van der Waals surface area contributed by atoms with Gasteiger partial charge in [0.1, 0.15) is 5.82 Å². The van der Waals surface area contributed by atoms with Crippen LogP contribution >= 0.6 is 23.1 Å². The Morgan fingerprint density at radius 2 is 2.00 bits per heavy atom. The number of thioether (sulfide) groups is 1. The van der Waals surface area contributed by atoms with E-state index in [2.05, 4.69) is 5.32 Å². The molecule has 0 atom stereocenters. The van der Waals surface area contributed by atoms with Crippen molar-refractivity contribution in [3.05, 3.63) is 87.4 Å². The number of carbonyl (C=O) groups excluding carboxylic acids is 1. The molecular formula is C23H23FN2O3S3. The lowest BCUT2D eigenvalue weighted by Gasteiger charge is -2.26. The summed E-state index contributed by atoms with van der Waals surface area (Å²) in [6, 6.07) is 14.8. The van der Waals surface area contributed by atoms with Crippen LogP contribution in [0.2, 0.25) is 0 Å². The zero-order chi connectivity index (χ0) is 22.6. The van der Waals surface area contributed by atoms with Crippen LogP contribution in [0.15, 0.2) is 64.9 Å². The van der Waals surface area contributed by atoms with Crippen LogP contribution in [-0.4, -0.2) is 37.5 Å². The number of hydrogen-bond donors (Lipinski definition) is 1. The number of benzene rings is 2. The van der Waals surface area contributed by atoms with Gasteiger partial charge in [-0.15, -0.1) is 11.3 Å². The summed E-state index contributed by atoms with van der Waals surface area (Å²) in [5, 5.41) is 4.79. The lowest BCUT2D eigenvalue weighted by atomic mass is 10.1. The van der Waals surface area contributed by atoms with Crippen molar-refractivity contribution >= 4 is 39.0 Å². The van der Waals surface area contributed by atoms with Crippen LogP contribution in [0.25, 0.3) is 0 Å². The molecule has 1 aliphatic rings. The fourth-order valence-electron chi connectivity index (χ4n) is 3.51. The first-order chi connectivity index (χ1) is 15.4. The molecule has 2 heterocycles. The van der Waals surface area contributed by atoms with Crippen molar-refractivity contribution in [2.75, 3.05) is 18.8 Å². The Labute approximate surface area is 195 Å². The number of sulfonamides is 1. The Balaban J connectivity index is 1.33. The van der Waals surface area contributed by atoms with Gasteiger partial charge in [-0.2, -0.15) is 16.1 Å². The molecule has 0 spiro atoms. The van der Waals surface area contributed by atoms with Crippen LogP contribution in [0.5, 0.6) is 0 Å². The average molecular weight is 491 g/mol. The molecule has 168 valence electrons. The fraction of sp³-hybridized carbons (Fsp3) is 0.261. The lowest BCUT2D eigenvalue weighted by Crippen LogP contribution is -2.35. The Hall–Kier alpha value is -2.20. The predicted octanol–water partition coefficient (Wildman–Crippen LogP) is 4.30. The minimum absolute atomic E-state index is 0.123. The van der Waals surface area contributed by atoms with E-state index < -0.39 is 10.0 Å². The summed E-state index contributed by atoms with van der Waals surface area (Å²) in [7, 11) is -3.68. The number of nitrogens with zero attached hydrogens (tertiary/aromatic N) is 1. The zero-order valence-electron chi connectivity index (χ0n) is 17.3. The number of carbonyl (C=O) groups is 1. The molecule has 9 heteroatoms. The van der Waals surface area contributed by atoms with Crippen LogP contribution in [0.3, 0.4) is 0 Å². The zero-order valence-corrected chi connectivity index (χ0v) is 19.7. The largest absolute Gasteiger partial charge is 0.351 e. The van der Waals surface area contributed by atoms with E-state index in [-0.39, 0.29) is 16.6 Å². The molecule has 32 heavy (non-hydrogen) atoms. The van der Waals surface area contributed by atoms with Crippen molar-refractivity contribution in [2.45, 2.75) is 23.6 Å². The topological polar surface area (TPSA) is 66.5 Å². The van der Waals surface area contributed by atoms with Crippen LogP contribution in [-0.2, 0) is 28.7 Å². The molecule has 0 bridgehead atoms. The second kappa shape index (κ2) is 10.2. The van der Waals surface area contributed by atoms with E-state index in [4.69, 9.17) is 0 Å². The number of amides is 1. The molecule has 0 aliphatic carbocycles. The fourth-order valence-corrected chi connectivity index (χ4v) is 6.71. The quantitative estimate of drug-likeness (QED) is 0.478. The molecule has 1 aliphatic heterocycles. The van der Waals surface area contributed by atoms with E-state index in [0.29, 0.717) is 48.7 Å². The number of halogens is 1. The van der Waals surface area contributed by atoms with Crippen molar-refractivity contribution in [1.82, 2.24) is 9.62 Å². The minimum atomic E-state index is -3.68. The summed E-state index contributed by atoms with van der Waals surface area (Å²) in [4.78, 5) is 13.9. The van der Waals surface area contributed by atoms with Crippen molar-refractivity contribution < 1.29 is 17.6 Å². The molecule has 4 rings (SSSR count). The van der Waals surface area contributed by atoms with Gasteiger partial charge in [0.2, 0.25) is 10.0 Å². The van der Waals surface area contributed by atoms with Gasteiger partial charge in [-0.25, -0.2) is 12.8 Å². The minimum Gasteiger partial charge on any atom is -0.351 e. The first kappa shape index (κ1) is 23.0. The van der Waals surface area contributed by atoms with Gasteiger partial charge in [-0.1, -0.05) is 24.3 Å². The molecule has 0 saturated heterocycles. The lowest BCUT2D eigenvalue weighted by molar-refractivity contribution is 0.0956. The second-order valence-electron chi connectivity index (χ2n) is 7.39. The summed E-state index contributed by atoms with van der Waals surface area (Å²) in [5.74, 6) is 0.588. The highest BCUT2D eigenvalue weighted by Gasteiger charge is 2.29. The number of rotatable bonds is 8. The van der Waals surface area contributed by atoms with Crippen molar-refractivity contribution in [1.29, 1.82) is 0 Å². The van der Waals surface area contributed by atoms with Crippen molar-refractivity contribution in [3.8, 4) is 0 Å². The summed E-state index contributed by atoms with van der Waals surface area (Å²) in [6.45, 7) is 1.20. The second-order valence-corrected chi connectivity index (χ2v) is 11.4. The van der Waals surface area contributed by atoms with Crippen LogP contribution in [0.4, 0.5) is 4.39 Å². The molecule has 0 radical (unpaired) electrons. The number of fused-ring (bicyclic) bond motifs is 1. The maximum atomic E-state index is 13.6. The standard InChI is InChI=1S/C23H23FN2O3S3/c24-21-7-2-1-4-19(21)16-30-13-10-25-23(27)17-5-3-6-20(14-17)32(28,29)26-11-8-22-18(15-26)9-12-31-22/h1-7,9,12,14H,8,10-11,13,15-16H2,(H,25,27). The molecule has 5 nitrogen and oxygen atoms in total. The maximum Gasteiger partial charge on any atom is 0.251 e. The van der Waals surface area contributed by atoms with Gasteiger partial charge in [0.05, 0.1) is 4.90 Å². The molecule has 0 unspecified atom stereocenters. The molecular weight excluding hydrogens is 467 g/mol. The third kappa shape index (κ3) is 5.23. The SMILES string of the molecule is O=C(NCCSCc1ccccc1F)c1cccc(S(=O)(=O)N2CCc3sccc3C2)c1. The number of thiophene rings is 1. The average Bonchev–Trinajstić information content (AvgIpc) is 3.28. The normalized spacial score (nSPS) is 14.2. The van der Waals surface area contributed by atoms with Gasteiger partial charge in [-0.3, -0.25) is 4.79 Å². The monoisotopic (exact) mass is 490 g/mol. The molecule has 2 aromatic carbocycles. The third-order valence-corrected chi connectivity index (χ3v) is 9.13. The van der Waals surface area contributed by atoms with Crippen molar-refractivity contribution in [3.63, 3.8) is 0 Å². The van der Waals surface area contributed by atoms with E-state index in [1.165, 1.54) is 39.1 Å². The Morgan fingerprint density at radius 1 is 1.16 bits per heavy atom. The van der Waals surface area contributed by atoms with Crippen LogP contribution < -0.4 is 5.32 Å². The Kier molecular flexibility index (Phi) is 7.30. The van der Waals surface area contributed by atoms with Gasteiger partial charge in [0, 0.05) is 41.6 Å². The molecule has 3 aromatic rings. The highest BCUT2D eigenvalue weighted by molar-refractivity contribution is 7.98. The van der Waals surface area contributed by atoms with E-state index in [1.54, 1.807) is 41.7 Å². The first-order valence-electron chi connectivity index (χ1n) is 10.2. The maximum absolute atomic E-state index is 13.6. The molecule has 0 fully saturated rings. The summed E-state index contributed by atoms with van der Waals surface area (Å²) >= 11 is 3.18. The smallest absolute Gasteiger partial charge is 0.251 e. The van der Waals surface area contributed by atoms with Crippen molar-refractivity contribution in [2.24, 2.45) is 0 Å². The van der Waals surface area contributed by atoms with Gasteiger partial charge in [-0.05, 0) is 53.3 Å². The van der Waals surface area contributed by atoms with Gasteiger partial charge in [0.25, 0.3) is 5.91 Å². The molecule has 1 N–H and O–H groups in total. The van der Waals surface area contributed by atoms with Crippen LogP contribution in [0.1, 0.15) is 26.4 Å². The predicted molar refractivity (Wildman–Crippen MR) is 127 cm³/mol. The van der Waals surface area contributed by atoms with E-state index in [0.717, 1.165) is 5.56 Å². The van der Waals surface area contributed by atoms with Gasteiger partial charge < -0.3 is 5.32 Å². The summed E-state index contributed by atoms with van der Waals surface area (Å²) in [6.07, 6.45) is 0.705. The van der Waals surface area contributed by atoms with Gasteiger partial charge >= 0.3 is 0 Å². The number of nitrogens with one attached hydrogen (secondary N) is 1. The van der Waals surface area contributed by atoms with Gasteiger partial charge in [0.15, 0.2) is 0 Å². The number of hydrogen-bond acceptors (Lipinski definition) is 5. The van der Waals surface area contributed by atoms with E-state index >= 15 is 0 Å². The summed E-state index contributed by atoms with van der Waals surface area (Å²) in [5.41, 5.74) is 1.99. The first-order valence-corrected chi connectivity index (χ1v) is 13.7. The van der Waals surface area contributed by atoms with E-state index in [9.17, 15) is 17.6 Å². The summed E-state index contributed by atoms with van der Waals surface area (Å²) < 4.78 is 41.3. The highest BCUT2D eigenvalue weighted by atomic mass is 32.2. The van der Waals surface area contributed by atoms with E-state index in [1.807, 2.05) is 11.4 Å². The Bertz CT molecular complexity index is 1210. The molecule has 1 amide bonds. The third-order valence-electron chi connectivity index (χ3n) is 5.25. The highest BCUT2D eigenvalue weighted by Crippen LogP contribution is 2.28.